The van der Waals surface area contributed by atoms with Gasteiger partial charge in [-0.15, -0.1) is 0 Å². The van der Waals surface area contributed by atoms with E-state index in [0.29, 0.717) is 6.54 Å². The lowest BCUT2D eigenvalue weighted by Gasteiger charge is -2.15. The first-order chi connectivity index (χ1) is 9.08. The highest BCUT2D eigenvalue weighted by molar-refractivity contribution is 6.08. The Hall–Kier alpha value is -2.70. The Bertz CT molecular complexity index is 562. The number of rotatable bonds is 3. The molecule has 98 valence electrons. The molecule has 0 unspecified atom stereocenters. The SMILES string of the molecule is O=C1OCCN/C1=C\C(=O)c1ccc([N+](=O)[O-])cc1. The Morgan fingerprint density at radius 1 is 1.37 bits per heavy atom. The molecule has 0 bridgehead atoms. The molecule has 1 N–H and O–H groups in total. The lowest BCUT2D eigenvalue weighted by molar-refractivity contribution is -0.384. The van der Waals surface area contributed by atoms with Crippen molar-refractivity contribution in [1.82, 2.24) is 5.32 Å². The Morgan fingerprint density at radius 2 is 2.05 bits per heavy atom. The van der Waals surface area contributed by atoms with Crippen LogP contribution in [0.3, 0.4) is 0 Å². The van der Waals surface area contributed by atoms with Gasteiger partial charge < -0.3 is 10.1 Å². The molecule has 7 nitrogen and oxygen atoms in total. The molecule has 19 heavy (non-hydrogen) atoms. The summed E-state index contributed by atoms with van der Waals surface area (Å²) in [5, 5.41) is 13.2. The van der Waals surface area contributed by atoms with Crippen molar-refractivity contribution < 1.29 is 19.2 Å². The molecule has 0 saturated carbocycles. The Morgan fingerprint density at radius 3 is 2.63 bits per heavy atom. The Balaban J connectivity index is 2.17. The van der Waals surface area contributed by atoms with Crippen LogP contribution in [-0.4, -0.2) is 29.8 Å². The van der Waals surface area contributed by atoms with Gasteiger partial charge in [0, 0.05) is 30.3 Å². The number of allylic oxidation sites excluding steroid dienone is 1. The Kier molecular flexibility index (Phi) is 3.56. The zero-order valence-electron chi connectivity index (χ0n) is 9.79. The number of hydrogen-bond acceptors (Lipinski definition) is 6. The van der Waals surface area contributed by atoms with Crippen molar-refractivity contribution in [3.63, 3.8) is 0 Å². The van der Waals surface area contributed by atoms with Crippen molar-refractivity contribution in [3.05, 3.63) is 51.7 Å². The van der Waals surface area contributed by atoms with E-state index < -0.39 is 16.7 Å². The minimum Gasteiger partial charge on any atom is -0.459 e. The summed E-state index contributed by atoms with van der Waals surface area (Å²) in [6.07, 6.45) is 1.13. The van der Waals surface area contributed by atoms with E-state index in [1.807, 2.05) is 0 Å². The number of non-ortho nitro benzene ring substituents is 1. The molecule has 2 rings (SSSR count). The molecule has 1 aromatic carbocycles. The van der Waals surface area contributed by atoms with Gasteiger partial charge in [-0.05, 0) is 12.1 Å². The number of ketones is 1. The molecule has 1 saturated heterocycles. The third-order valence-corrected chi connectivity index (χ3v) is 2.51. The summed E-state index contributed by atoms with van der Waals surface area (Å²) in [5.74, 6) is -1.00. The third-order valence-electron chi connectivity index (χ3n) is 2.51. The molecule has 1 fully saturated rings. The Labute approximate surface area is 108 Å². The highest BCUT2D eigenvalue weighted by atomic mass is 16.6. The number of carbonyl (C=O) groups is 2. The van der Waals surface area contributed by atoms with Crippen LogP contribution in [0.2, 0.25) is 0 Å². The molecule has 0 aliphatic carbocycles. The van der Waals surface area contributed by atoms with Gasteiger partial charge in [0.05, 0.1) is 4.92 Å². The highest BCUT2D eigenvalue weighted by Crippen LogP contribution is 2.13. The van der Waals surface area contributed by atoms with Crippen LogP contribution < -0.4 is 5.32 Å². The molecule has 0 aromatic heterocycles. The van der Waals surface area contributed by atoms with Gasteiger partial charge in [-0.1, -0.05) is 0 Å². The van der Waals surface area contributed by atoms with Crippen LogP contribution in [0.25, 0.3) is 0 Å². The number of carbonyl (C=O) groups excluding carboxylic acids is 2. The maximum atomic E-state index is 11.8. The first-order valence-corrected chi connectivity index (χ1v) is 5.49. The maximum Gasteiger partial charge on any atom is 0.354 e. The summed E-state index contributed by atoms with van der Waals surface area (Å²) in [6.45, 7) is 0.715. The zero-order valence-corrected chi connectivity index (χ0v) is 9.79. The van der Waals surface area contributed by atoms with Gasteiger partial charge in [0.25, 0.3) is 5.69 Å². The van der Waals surface area contributed by atoms with E-state index in [-0.39, 0.29) is 23.6 Å². The first-order valence-electron chi connectivity index (χ1n) is 5.49. The minimum atomic E-state index is -0.582. The summed E-state index contributed by atoms with van der Waals surface area (Å²) < 4.78 is 4.77. The molecular weight excluding hydrogens is 252 g/mol. The summed E-state index contributed by atoms with van der Waals surface area (Å²) in [7, 11) is 0. The van der Waals surface area contributed by atoms with Gasteiger partial charge in [0.2, 0.25) is 0 Å². The normalized spacial score (nSPS) is 16.6. The standard InChI is InChI=1S/C12H10N2O5/c15-11(7-10-12(16)19-6-5-13-10)8-1-3-9(4-2-8)14(17)18/h1-4,7,13H,5-6H2/b10-7-. The van der Waals surface area contributed by atoms with Crippen LogP contribution in [0, 0.1) is 10.1 Å². The number of ether oxygens (including phenoxy) is 1. The lowest BCUT2D eigenvalue weighted by atomic mass is 10.1. The summed E-state index contributed by atoms with van der Waals surface area (Å²) in [4.78, 5) is 33.1. The van der Waals surface area contributed by atoms with E-state index in [9.17, 15) is 19.7 Å². The zero-order chi connectivity index (χ0) is 13.8. The number of benzene rings is 1. The molecule has 1 aliphatic rings. The number of nitro benzene ring substituents is 1. The van der Waals surface area contributed by atoms with Gasteiger partial charge in [-0.2, -0.15) is 0 Å². The van der Waals surface area contributed by atoms with Crippen LogP contribution in [0.4, 0.5) is 5.69 Å². The molecular formula is C12H10N2O5. The fraction of sp³-hybridized carbons (Fsp3) is 0.167. The average molecular weight is 262 g/mol. The lowest BCUT2D eigenvalue weighted by Crippen LogP contribution is -2.33. The second kappa shape index (κ2) is 5.30. The molecule has 0 radical (unpaired) electrons. The molecule has 7 heteroatoms. The largest absolute Gasteiger partial charge is 0.459 e. The topological polar surface area (TPSA) is 98.5 Å². The number of morpholine rings is 1. The van der Waals surface area contributed by atoms with Crippen LogP contribution >= 0.6 is 0 Å². The number of nitrogens with zero attached hydrogens (tertiary/aromatic N) is 1. The second-order valence-corrected chi connectivity index (χ2v) is 3.79. The maximum absolute atomic E-state index is 11.8. The summed E-state index contributed by atoms with van der Waals surface area (Å²) in [6, 6.07) is 5.15. The van der Waals surface area contributed by atoms with Crippen molar-refractivity contribution in [2.45, 2.75) is 0 Å². The van der Waals surface area contributed by atoms with Gasteiger partial charge in [-0.25, -0.2) is 4.79 Å². The third kappa shape index (κ3) is 2.95. The van der Waals surface area contributed by atoms with E-state index in [1.54, 1.807) is 0 Å². The molecule has 1 aromatic rings. The fourth-order valence-corrected chi connectivity index (χ4v) is 1.55. The highest BCUT2D eigenvalue weighted by Gasteiger charge is 2.17. The van der Waals surface area contributed by atoms with Crippen molar-refractivity contribution >= 4 is 17.4 Å². The summed E-state index contributed by atoms with van der Waals surface area (Å²) >= 11 is 0. The van der Waals surface area contributed by atoms with E-state index in [2.05, 4.69) is 5.32 Å². The predicted octanol–water partition coefficient (Wildman–Crippen LogP) is 0.808. The van der Waals surface area contributed by atoms with Crippen LogP contribution in [0.15, 0.2) is 36.0 Å². The van der Waals surface area contributed by atoms with Gasteiger partial charge in [0.15, 0.2) is 5.78 Å². The monoisotopic (exact) mass is 262 g/mol. The van der Waals surface area contributed by atoms with Crippen molar-refractivity contribution in [2.75, 3.05) is 13.2 Å². The first kappa shape index (κ1) is 12.7. The number of nitrogens with one attached hydrogen (secondary N) is 1. The number of hydrogen-bond donors (Lipinski definition) is 1. The van der Waals surface area contributed by atoms with E-state index in [1.165, 1.54) is 24.3 Å². The van der Waals surface area contributed by atoms with E-state index >= 15 is 0 Å². The molecule has 1 aliphatic heterocycles. The van der Waals surface area contributed by atoms with E-state index in [4.69, 9.17) is 4.74 Å². The smallest absolute Gasteiger partial charge is 0.354 e. The number of cyclic esters (lactones) is 1. The van der Waals surface area contributed by atoms with E-state index in [0.717, 1.165) is 6.08 Å². The molecule has 1 heterocycles. The fourth-order valence-electron chi connectivity index (χ4n) is 1.55. The number of esters is 1. The molecule has 0 atom stereocenters. The van der Waals surface area contributed by atoms with Crippen molar-refractivity contribution in [3.8, 4) is 0 Å². The quantitative estimate of drug-likeness (QED) is 0.284. The van der Waals surface area contributed by atoms with Crippen molar-refractivity contribution in [2.24, 2.45) is 0 Å². The number of nitro groups is 1. The molecule has 0 spiro atoms. The van der Waals surface area contributed by atoms with Gasteiger partial charge in [0.1, 0.15) is 12.3 Å². The van der Waals surface area contributed by atoms with Crippen molar-refractivity contribution in [1.29, 1.82) is 0 Å². The molecule has 0 amide bonds. The van der Waals surface area contributed by atoms with Gasteiger partial charge in [-0.3, -0.25) is 14.9 Å². The predicted molar refractivity (Wildman–Crippen MR) is 64.5 cm³/mol. The van der Waals surface area contributed by atoms with Crippen LogP contribution in [0.1, 0.15) is 10.4 Å². The van der Waals surface area contributed by atoms with Gasteiger partial charge >= 0.3 is 5.97 Å². The summed E-state index contributed by atoms with van der Waals surface area (Å²) in [5.41, 5.74) is 0.257. The van der Waals surface area contributed by atoms with Crippen LogP contribution in [0.5, 0.6) is 0 Å². The minimum absolute atomic E-state index is 0.0922. The average Bonchev–Trinajstić information content (AvgIpc) is 2.41. The second-order valence-electron chi connectivity index (χ2n) is 3.79. The van der Waals surface area contributed by atoms with Crippen LogP contribution in [-0.2, 0) is 9.53 Å².